The van der Waals surface area contributed by atoms with Gasteiger partial charge in [-0.25, -0.2) is 0 Å². The van der Waals surface area contributed by atoms with Crippen LogP contribution in [0.15, 0.2) is 29.1 Å². The van der Waals surface area contributed by atoms with Crippen LogP contribution < -0.4 is 10.3 Å². The largest absolute Gasteiger partial charge is 0.484 e. The third kappa shape index (κ3) is 1.88. The Bertz CT molecular complexity index is 763. The van der Waals surface area contributed by atoms with Crippen LogP contribution >= 0.6 is 0 Å². The minimum Gasteiger partial charge on any atom is -0.484 e. The monoisotopic (exact) mass is 289 g/mol. The molecule has 1 aromatic carbocycles. The molecule has 0 saturated carbocycles. The van der Waals surface area contributed by atoms with Crippen LogP contribution in [-0.4, -0.2) is 26.5 Å². The first-order valence-electron chi connectivity index (χ1n) is 7.09. The molecular formula is C16H19NO4. The number of aryl methyl sites for hydroxylation is 1. The summed E-state index contributed by atoms with van der Waals surface area (Å²) in [6, 6.07) is 7.44. The first kappa shape index (κ1) is 14.1. The summed E-state index contributed by atoms with van der Waals surface area (Å²) in [6.07, 6.45) is -2.40. The Morgan fingerprint density at radius 3 is 2.62 bits per heavy atom. The van der Waals surface area contributed by atoms with Crippen molar-refractivity contribution in [3.63, 3.8) is 0 Å². The molecule has 0 unspecified atom stereocenters. The number of fused-ring (bicyclic) bond motifs is 3. The average molecular weight is 289 g/mol. The number of nitrogens with zero attached hydrogens (tertiary/aromatic N) is 1. The maximum absolute atomic E-state index is 12.6. The van der Waals surface area contributed by atoms with Gasteiger partial charge in [-0.05, 0) is 32.9 Å². The highest BCUT2D eigenvalue weighted by molar-refractivity contribution is 5.87. The first-order valence-corrected chi connectivity index (χ1v) is 7.09. The molecule has 0 saturated heterocycles. The lowest BCUT2D eigenvalue weighted by molar-refractivity contribution is -0.111. The molecule has 2 heterocycles. The molecule has 0 bridgehead atoms. The Balaban J connectivity index is 2.45. The number of hydrogen-bond donors (Lipinski definition) is 2. The van der Waals surface area contributed by atoms with Gasteiger partial charge >= 0.3 is 0 Å². The van der Waals surface area contributed by atoms with Crippen molar-refractivity contribution in [1.82, 2.24) is 4.57 Å². The van der Waals surface area contributed by atoms with Gasteiger partial charge in [0.1, 0.15) is 23.6 Å². The molecule has 2 aromatic rings. The van der Waals surface area contributed by atoms with E-state index in [-0.39, 0.29) is 11.1 Å². The lowest BCUT2D eigenvalue weighted by atomic mass is 9.88. The molecule has 1 aliphatic heterocycles. The summed E-state index contributed by atoms with van der Waals surface area (Å²) in [4.78, 5) is 12.6. The van der Waals surface area contributed by atoms with Crippen LogP contribution in [0.5, 0.6) is 5.75 Å². The normalized spacial score (nSPS) is 23.7. The van der Waals surface area contributed by atoms with Gasteiger partial charge in [-0.3, -0.25) is 4.79 Å². The second-order valence-electron chi connectivity index (χ2n) is 5.90. The van der Waals surface area contributed by atoms with Crippen molar-refractivity contribution < 1.29 is 14.9 Å². The van der Waals surface area contributed by atoms with Crippen molar-refractivity contribution in [3.8, 4) is 5.75 Å². The fourth-order valence-corrected chi connectivity index (χ4v) is 2.94. The van der Waals surface area contributed by atoms with Crippen LogP contribution in [0.3, 0.4) is 0 Å². The predicted octanol–water partition coefficient (Wildman–Crippen LogP) is 1.59. The van der Waals surface area contributed by atoms with E-state index in [0.29, 0.717) is 12.3 Å². The van der Waals surface area contributed by atoms with Crippen LogP contribution in [0.4, 0.5) is 0 Å². The van der Waals surface area contributed by atoms with Gasteiger partial charge in [0.05, 0.1) is 11.1 Å². The molecule has 0 radical (unpaired) electrons. The molecule has 0 fully saturated rings. The minimum absolute atomic E-state index is 0.141. The zero-order chi connectivity index (χ0) is 15.4. The number of para-hydroxylation sites is 1. The second-order valence-corrected chi connectivity index (χ2v) is 5.90. The minimum atomic E-state index is -1.25. The van der Waals surface area contributed by atoms with Gasteiger partial charge in [0, 0.05) is 11.9 Å². The van der Waals surface area contributed by atoms with Crippen molar-refractivity contribution in [2.24, 2.45) is 0 Å². The fourth-order valence-electron chi connectivity index (χ4n) is 2.94. The molecule has 1 aliphatic rings. The van der Waals surface area contributed by atoms with E-state index in [0.717, 1.165) is 10.9 Å². The van der Waals surface area contributed by atoms with Crippen LogP contribution in [-0.2, 0) is 6.54 Å². The van der Waals surface area contributed by atoms with E-state index in [9.17, 15) is 15.0 Å². The Hall–Kier alpha value is -1.85. The summed E-state index contributed by atoms with van der Waals surface area (Å²) in [5.74, 6) is 0.378. The summed E-state index contributed by atoms with van der Waals surface area (Å²) >= 11 is 0. The summed E-state index contributed by atoms with van der Waals surface area (Å²) < 4.78 is 7.46. The number of aromatic nitrogens is 1. The van der Waals surface area contributed by atoms with Crippen molar-refractivity contribution >= 4 is 10.9 Å². The molecule has 2 atom stereocenters. The predicted molar refractivity (Wildman–Crippen MR) is 79.6 cm³/mol. The molecular weight excluding hydrogens is 270 g/mol. The van der Waals surface area contributed by atoms with Gasteiger partial charge in [0.25, 0.3) is 5.56 Å². The number of pyridine rings is 1. The zero-order valence-electron chi connectivity index (χ0n) is 12.3. The molecule has 1 aromatic heterocycles. The smallest absolute Gasteiger partial charge is 0.260 e. The standard InChI is InChI=1S/C16H19NO4/c1-4-17-10-8-6-5-7-9(10)13-11(15(17)20)12(18)14(19)16(2,3)21-13/h5-8,12,14,18-19H,4H2,1-3H3/t12-,14+/m0/s1. The van der Waals surface area contributed by atoms with Gasteiger partial charge in [0.15, 0.2) is 0 Å². The van der Waals surface area contributed by atoms with Crippen LogP contribution in [0, 0.1) is 0 Å². The van der Waals surface area contributed by atoms with Crippen molar-refractivity contribution in [2.45, 2.75) is 45.1 Å². The van der Waals surface area contributed by atoms with Crippen molar-refractivity contribution in [3.05, 3.63) is 40.2 Å². The first-order chi connectivity index (χ1) is 9.88. The molecule has 5 nitrogen and oxygen atoms in total. The van der Waals surface area contributed by atoms with Crippen LogP contribution in [0.1, 0.15) is 32.4 Å². The van der Waals surface area contributed by atoms with E-state index >= 15 is 0 Å². The molecule has 5 heteroatoms. The summed E-state index contributed by atoms with van der Waals surface area (Å²) in [5.41, 5.74) is -0.362. The van der Waals surface area contributed by atoms with E-state index in [4.69, 9.17) is 4.74 Å². The zero-order valence-corrected chi connectivity index (χ0v) is 12.3. The Morgan fingerprint density at radius 2 is 1.95 bits per heavy atom. The van der Waals surface area contributed by atoms with Crippen molar-refractivity contribution in [2.75, 3.05) is 0 Å². The number of aliphatic hydroxyl groups is 2. The van der Waals surface area contributed by atoms with Gasteiger partial charge in [-0.15, -0.1) is 0 Å². The molecule has 21 heavy (non-hydrogen) atoms. The third-order valence-corrected chi connectivity index (χ3v) is 4.15. The molecule has 112 valence electrons. The topological polar surface area (TPSA) is 71.7 Å². The molecule has 0 amide bonds. The van der Waals surface area contributed by atoms with E-state index < -0.39 is 17.8 Å². The summed E-state index contributed by atoms with van der Waals surface area (Å²) in [7, 11) is 0. The van der Waals surface area contributed by atoms with E-state index in [1.54, 1.807) is 18.4 Å². The number of hydrogen-bond acceptors (Lipinski definition) is 4. The number of aliphatic hydroxyl groups excluding tert-OH is 2. The molecule has 2 N–H and O–H groups in total. The molecule has 0 aliphatic carbocycles. The number of ether oxygens (including phenoxy) is 1. The number of rotatable bonds is 1. The average Bonchev–Trinajstić information content (AvgIpc) is 2.45. The summed E-state index contributed by atoms with van der Waals surface area (Å²) in [5, 5.41) is 21.3. The van der Waals surface area contributed by atoms with Crippen LogP contribution in [0.2, 0.25) is 0 Å². The highest BCUT2D eigenvalue weighted by Crippen LogP contribution is 2.41. The van der Waals surface area contributed by atoms with Crippen molar-refractivity contribution in [1.29, 1.82) is 0 Å². The van der Waals surface area contributed by atoms with Gasteiger partial charge in [0.2, 0.25) is 0 Å². The molecule has 3 rings (SSSR count). The third-order valence-electron chi connectivity index (χ3n) is 4.15. The van der Waals surface area contributed by atoms with E-state index in [1.807, 2.05) is 31.2 Å². The maximum atomic E-state index is 12.6. The van der Waals surface area contributed by atoms with Gasteiger partial charge < -0.3 is 19.5 Å². The fraction of sp³-hybridized carbons (Fsp3) is 0.438. The quantitative estimate of drug-likeness (QED) is 0.836. The highest BCUT2D eigenvalue weighted by Gasteiger charge is 2.44. The van der Waals surface area contributed by atoms with Gasteiger partial charge in [-0.1, -0.05) is 12.1 Å². The maximum Gasteiger partial charge on any atom is 0.260 e. The highest BCUT2D eigenvalue weighted by atomic mass is 16.5. The molecule has 0 spiro atoms. The Kier molecular flexibility index (Phi) is 3.07. The lowest BCUT2D eigenvalue weighted by Gasteiger charge is -2.40. The second kappa shape index (κ2) is 4.58. The van der Waals surface area contributed by atoms with E-state index in [2.05, 4.69) is 0 Å². The van der Waals surface area contributed by atoms with Crippen LogP contribution in [0.25, 0.3) is 10.9 Å². The SMILES string of the molecule is CCn1c(=O)c2c(c3ccccc31)OC(C)(C)[C@H](O)[C@H]2O. The van der Waals surface area contributed by atoms with Gasteiger partial charge in [-0.2, -0.15) is 0 Å². The van der Waals surface area contributed by atoms with E-state index in [1.165, 1.54) is 0 Å². The number of benzene rings is 1. The Labute approximate surface area is 122 Å². The Morgan fingerprint density at radius 1 is 1.29 bits per heavy atom. The summed E-state index contributed by atoms with van der Waals surface area (Å²) in [6.45, 7) is 5.75. The lowest BCUT2D eigenvalue weighted by Crippen LogP contribution is -2.51.